The Bertz CT molecular complexity index is 572. The third-order valence-corrected chi connectivity index (χ3v) is 3.24. The number of benzene rings is 1. The van der Waals surface area contributed by atoms with E-state index in [1.807, 2.05) is 5.32 Å². The van der Waals surface area contributed by atoms with E-state index in [1.165, 1.54) is 12.1 Å². The van der Waals surface area contributed by atoms with Gasteiger partial charge in [0.05, 0.1) is 0 Å². The van der Waals surface area contributed by atoms with Gasteiger partial charge in [-0.2, -0.15) is 0 Å². The summed E-state index contributed by atoms with van der Waals surface area (Å²) in [5, 5.41) is 2.03. The van der Waals surface area contributed by atoms with Crippen molar-refractivity contribution < 1.29 is 22.7 Å². The fourth-order valence-electron chi connectivity index (χ4n) is 1.78. The van der Waals surface area contributed by atoms with Crippen molar-refractivity contribution in [2.45, 2.75) is 38.3 Å². The van der Waals surface area contributed by atoms with Gasteiger partial charge in [-0.15, -0.1) is 6.58 Å². The van der Waals surface area contributed by atoms with Crippen LogP contribution in [-0.4, -0.2) is 18.1 Å². The van der Waals surface area contributed by atoms with Crippen LogP contribution in [-0.2, 0) is 10.3 Å². The summed E-state index contributed by atoms with van der Waals surface area (Å²) in [6.45, 7) is 8.08. The first kappa shape index (κ1) is 18.5. The summed E-state index contributed by atoms with van der Waals surface area (Å²) >= 11 is 3.09. The molecule has 0 aromatic heterocycles. The van der Waals surface area contributed by atoms with Gasteiger partial charge in [-0.25, -0.2) is 18.0 Å². The highest BCUT2D eigenvalue weighted by Crippen LogP contribution is 2.34. The van der Waals surface area contributed by atoms with Crippen molar-refractivity contribution in [2.24, 2.45) is 0 Å². The number of ether oxygens (including phenoxy) is 1. The van der Waals surface area contributed by atoms with Crippen LogP contribution < -0.4 is 5.32 Å². The van der Waals surface area contributed by atoms with E-state index in [-0.39, 0.29) is 0 Å². The Morgan fingerprint density at radius 1 is 1.41 bits per heavy atom. The van der Waals surface area contributed by atoms with Crippen LogP contribution in [0.25, 0.3) is 0 Å². The zero-order chi connectivity index (χ0) is 17.1. The lowest BCUT2D eigenvalue weighted by molar-refractivity contribution is 0.0198. The first-order chi connectivity index (χ1) is 10.0. The minimum atomic E-state index is -3.12. The van der Waals surface area contributed by atoms with E-state index in [1.54, 1.807) is 20.8 Å². The number of carbonyl (C=O) groups is 1. The number of hydrogen-bond acceptors (Lipinski definition) is 2. The second-order valence-corrected chi connectivity index (χ2v) is 6.54. The standard InChI is InChI=1S/C15H17BrF3NO2/c1-5-15(12(18)19,20-13(21)22-14(2,3)4)10-8-9(16)6-7-11(10)17/h5-8,12H,1H2,2-4H3,(H,20,21). The summed E-state index contributed by atoms with van der Waals surface area (Å²) < 4.78 is 46.6. The quantitative estimate of drug-likeness (QED) is 0.765. The lowest BCUT2D eigenvalue weighted by Gasteiger charge is -2.32. The predicted octanol–water partition coefficient (Wildman–Crippen LogP) is 4.76. The van der Waals surface area contributed by atoms with Crippen LogP contribution in [0.1, 0.15) is 26.3 Å². The molecular formula is C15H17BrF3NO2. The van der Waals surface area contributed by atoms with Crippen LogP contribution in [0.5, 0.6) is 0 Å². The second-order valence-electron chi connectivity index (χ2n) is 5.62. The van der Waals surface area contributed by atoms with E-state index >= 15 is 0 Å². The summed E-state index contributed by atoms with van der Waals surface area (Å²) in [4.78, 5) is 11.9. The van der Waals surface area contributed by atoms with E-state index in [0.717, 1.165) is 12.1 Å². The lowest BCUT2D eigenvalue weighted by atomic mass is 9.90. The first-order valence-corrected chi connectivity index (χ1v) is 7.19. The molecule has 0 radical (unpaired) electrons. The van der Waals surface area contributed by atoms with Gasteiger partial charge < -0.3 is 10.1 Å². The monoisotopic (exact) mass is 379 g/mol. The minimum absolute atomic E-state index is 0.391. The molecule has 1 atom stereocenters. The van der Waals surface area contributed by atoms with Crippen molar-refractivity contribution in [1.29, 1.82) is 0 Å². The van der Waals surface area contributed by atoms with Crippen LogP contribution in [0.15, 0.2) is 35.3 Å². The van der Waals surface area contributed by atoms with Crippen molar-refractivity contribution >= 4 is 22.0 Å². The van der Waals surface area contributed by atoms with Gasteiger partial charge >= 0.3 is 6.09 Å². The van der Waals surface area contributed by atoms with E-state index in [4.69, 9.17) is 4.74 Å². The largest absolute Gasteiger partial charge is 0.444 e. The normalized spacial score (nSPS) is 14.4. The number of rotatable bonds is 4. The van der Waals surface area contributed by atoms with Gasteiger partial charge in [0.15, 0.2) is 5.54 Å². The van der Waals surface area contributed by atoms with Crippen molar-refractivity contribution in [3.63, 3.8) is 0 Å². The molecule has 0 aliphatic heterocycles. The number of nitrogens with one attached hydrogen (secondary N) is 1. The number of hydrogen-bond donors (Lipinski definition) is 1. The van der Waals surface area contributed by atoms with Crippen molar-refractivity contribution in [2.75, 3.05) is 0 Å². The summed E-state index contributed by atoms with van der Waals surface area (Å²) in [6, 6.07) is 3.56. The van der Waals surface area contributed by atoms with Crippen LogP contribution in [0.2, 0.25) is 0 Å². The highest BCUT2D eigenvalue weighted by atomic mass is 79.9. The fraction of sp³-hybridized carbons (Fsp3) is 0.400. The van der Waals surface area contributed by atoms with Crippen molar-refractivity contribution in [3.05, 3.63) is 46.7 Å². The summed E-state index contributed by atoms with van der Waals surface area (Å²) in [6.07, 6.45) is -3.42. The van der Waals surface area contributed by atoms with Crippen LogP contribution in [0.3, 0.4) is 0 Å². The molecule has 1 aromatic rings. The third kappa shape index (κ3) is 4.25. The molecule has 3 nitrogen and oxygen atoms in total. The molecule has 1 aromatic carbocycles. The highest BCUT2D eigenvalue weighted by molar-refractivity contribution is 9.10. The highest BCUT2D eigenvalue weighted by Gasteiger charge is 2.43. The molecule has 0 spiro atoms. The minimum Gasteiger partial charge on any atom is -0.444 e. The number of alkyl halides is 2. The molecule has 0 fully saturated rings. The summed E-state index contributed by atoms with van der Waals surface area (Å²) in [5.74, 6) is -0.889. The molecule has 1 N–H and O–H groups in total. The van der Waals surface area contributed by atoms with E-state index in [9.17, 15) is 18.0 Å². The average Bonchev–Trinajstić information content (AvgIpc) is 2.36. The number of carbonyl (C=O) groups excluding carboxylic acids is 1. The molecule has 1 unspecified atom stereocenters. The predicted molar refractivity (Wildman–Crippen MR) is 81.3 cm³/mol. The molecule has 0 saturated carbocycles. The SMILES string of the molecule is C=CC(NC(=O)OC(C)(C)C)(c1cc(Br)ccc1F)C(F)F. The van der Waals surface area contributed by atoms with Crippen LogP contribution >= 0.6 is 15.9 Å². The topological polar surface area (TPSA) is 38.3 Å². The van der Waals surface area contributed by atoms with Gasteiger partial charge in [-0.1, -0.05) is 22.0 Å². The molecule has 0 saturated heterocycles. The molecule has 7 heteroatoms. The molecular weight excluding hydrogens is 363 g/mol. The molecule has 0 aliphatic carbocycles. The molecule has 0 aliphatic rings. The molecule has 122 valence electrons. The molecule has 0 bridgehead atoms. The Morgan fingerprint density at radius 3 is 2.45 bits per heavy atom. The van der Waals surface area contributed by atoms with E-state index < -0.39 is 35.0 Å². The molecule has 1 amide bonds. The maximum absolute atomic E-state index is 14.0. The fourth-order valence-corrected chi connectivity index (χ4v) is 2.14. The zero-order valence-corrected chi connectivity index (χ0v) is 14.0. The Balaban J connectivity index is 3.29. The van der Waals surface area contributed by atoms with Crippen LogP contribution in [0.4, 0.5) is 18.0 Å². The van der Waals surface area contributed by atoms with E-state index in [0.29, 0.717) is 4.47 Å². The Morgan fingerprint density at radius 2 is 2.00 bits per heavy atom. The van der Waals surface area contributed by atoms with Crippen molar-refractivity contribution in [1.82, 2.24) is 5.32 Å². The molecule has 0 heterocycles. The lowest BCUT2D eigenvalue weighted by Crippen LogP contribution is -2.51. The smallest absolute Gasteiger partial charge is 0.408 e. The maximum atomic E-state index is 14.0. The van der Waals surface area contributed by atoms with Crippen molar-refractivity contribution in [3.8, 4) is 0 Å². The van der Waals surface area contributed by atoms with Gasteiger partial charge in [0.25, 0.3) is 6.43 Å². The zero-order valence-electron chi connectivity index (χ0n) is 12.4. The summed E-state index contributed by atoms with van der Waals surface area (Å²) in [5.41, 5.74) is -3.68. The van der Waals surface area contributed by atoms with Crippen LogP contribution in [0, 0.1) is 5.82 Å². The number of alkyl carbamates (subject to hydrolysis) is 1. The van der Waals surface area contributed by atoms with Gasteiger partial charge in [0.1, 0.15) is 11.4 Å². The Kier molecular flexibility index (Phi) is 5.67. The van der Waals surface area contributed by atoms with Gasteiger partial charge in [0.2, 0.25) is 0 Å². The average molecular weight is 380 g/mol. The van der Waals surface area contributed by atoms with Gasteiger partial charge in [0, 0.05) is 10.0 Å². The number of amides is 1. The third-order valence-electron chi connectivity index (χ3n) is 2.75. The Labute approximate surface area is 135 Å². The summed E-state index contributed by atoms with van der Waals surface area (Å²) in [7, 11) is 0. The second kappa shape index (κ2) is 6.73. The molecule has 22 heavy (non-hydrogen) atoms. The number of halogens is 4. The van der Waals surface area contributed by atoms with E-state index in [2.05, 4.69) is 22.5 Å². The van der Waals surface area contributed by atoms with Gasteiger partial charge in [-0.3, -0.25) is 0 Å². The maximum Gasteiger partial charge on any atom is 0.408 e. The molecule has 1 rings (SSSR count). The van der Waals surface area contributed by atoms with Gasteiger partial charge in [-0.05, 0) is 39.0 Å². The Hall–Kier alpha value is -1.50. The first-order valence-electron chi connectivity index (χ1n) is 6.40.